The van der Waals surface area contributed by atoms with Gasteiger partial charge in [-0.05, 0) is 61.8 Å². The van der Waals surface area contributed by atoms with Gasteiger partial charge >= 0.3 is 6.03 Å². The topological polar surface area (TPSA) is 44.4 Å². The number of nitrogens with zero attached hydrogens (tertiary/aromatic N) is 1. The Morgan fingerprint density at radius 2 is 1.68 bits per heavy atom. The van der Waals surface area contributed by atoms with Crippen LogP contribution in [0, 0.1) is 0 Å². The number of rotatable bonds is 3. The summed E-state index contributed by atoms with van der Waals surface area (Å²) in [4.78, 5) is 14.9. The molecule has 0 atom stereocenters. The molecule has 2 amide bonds. The maximum Gasteiger partial charge on any atom is 0.319 e. The lowest BCUT2D eigenvalue weighted by atomic mass is 9.91. The minimum Gasteiger partial charge on any atom is -0.335 e. The molecule has 0 spiro atoms. The Morgan fingerprint density at radius 1 is 0.920 bits per heavy atom. The third-order valence-corrected chi connectivity index (χ3v) is 6.33. The van der Waals surface area contributed by atoms with E-state index in [4.69, 9.17) is 0 Å². The highest BCUT2D eigenvalue weighted by Crippen LogP contribution is 2.28. The van der Waals surface area contributed by atoms with Crippen molar-refractivity contribution in [2.75, 3.05) is 18.4 Å². The molecule has 2 fully saturated rings. The quantitative estimate of drug-likeness (QED) is 0.869. The molecule has 2 N–H and O–H groups in total. The summed E-state index contributed by atoms with van der Waals surface area (Å²) in [6.45, 7) is 2.35. The number of anilines is 1. The van der Waals surface area contributed by atoms with Gasteiger partial charge in [-0.2, -0.15) is 0 Å². The number of urea groups is 1. The molecule has 0 saturated heterocycles. The summed E-state index contributed by atoms with van der Waals surface area (Å²) >= 11 is 0. The van der Waals surface area contributed by atoms with E-state index in [1.54, 1.807) is 0 Å². The molecular weight excluding hydrogens is 310 g/mol. The fourth-order valence-electron chi connectivity index (χ4n) is 4.54. The molecule has 136 valence electrons. The molecule has 0 bridgehead atoms. The van der Waals surface area contributed by atoms with Crippen molar-refractivity contribution in [1.82, 2.24) is 10.2 Å². The van der Waals surface area contributed by atoms with E-state index in [9.17, 15) is 4.79 Å². The summed E-state index contributed by atoms with van der Waals surface area (Å²) in [5.74, 6) is 0. The fraction of sp³-hybridized carbons (Fsp3) is 0.667. The number of hydrogen-bond donors (Lipinski definition) is 2. The van der Waals surface area contributed by atoms with Crippen molar-refractivity contribution in [3.05, 3.63) is 29.3 Å². The Morgan fingerprint density at radius 3 is 2.40 bits per heavy atom. The van der Waals surface area contributed by atoms with E-state index >= 15 is 0 Å². The summed E-state index contributed by atoms with van der Waals surface area (Å²) in [5.41, 5.74) is 3.81. The lowest BCUT2D eigenvalue weighted by Crippen LogP contribution is -2.41. The molecule has 1 heterocycles. The number of amides is 2. The number of nitrogens with one attached hydrogen (secondary N) is 2. The molecule has 3 aliphatic rings. The van der Waals surface area contributed by atoms with Gasteiger partial charge in [-0.3, -0.25) is 4.90 Å². The zero-order chi connectivity index (χ0) is 17.1. The van der Waals surface area contributed by atoms with Crippen molar-refractivity contribution in [2.24, 2.45) is 0 Å². The number of fused-ring (bicyclic) bond motifs is 1. The van der Waals surface area contributed by atoms with Gasteiger partial charge in [0.1, 0.15) is 0 Å². The molecular formula is C21H31N3O. The molecule has 4 nitrogen and oxygen atoms in total. The van der Waals surface area contributed by atoms with Crippen LogP contribution in [-0.4, -0.2) is 36.1 Å². The van der Waals surface area contributed by atoms with Crippen LogP contribution in [0.25, 0.3) is 0 Å². The number of carbonyl (C=O) groups is 1. The maximum atomic E-state index is 12.3. The second-order valence-corrected chi connectivity index (χ2v) is 8.04. The first kappa shape index (κ1) is 16.9. The van der Waals surface area contributed by atoms with Gasteiger partial charge in [0, 0.05) is 30.9 Å². The van der Waals surface area contributed by atoms with Crippen molar-refractivity contribution < 1.29 is 4.79 Å². The minimum absolute atomic E-state index is 0.0448. The Labute approximate surface area is 151 Å². The zero-order valence-corrected chi connectivity index (χ0v) is 15.2. The van der Waals surface area contributed by atoms with E-state index in [-0.39, 0.29) is 6.03 Å². The Hall–Kier alpha value is -1.55. The maximum absolute atomic E-state index is 12.3. The SMILES string of the molecule is O=C(Nc1ccc2c(c1)CCN(C1CCC1)CC2)NC1CCCCC1. The van der Waals surface area contributed by atoms with Gasteiger partial charge in [0.25, 0.3) is 0 Å². The molecule has 1 aromatic carbocycles. The van der Waals surface area contributed by atoms with Crippen molar-refractivity contribution in [3.63, 3.8) is 0 Å². The van der Waals surface area contributed by atoms with E-state index in [0.29, 0.717) is 6.04 Å². The molecule has 0 unspecified atom stereocenters. The molecule has 2 saturated carbocycles. The van der Waals surface area contributed by atoms with Gasteiger partial charge in [-0.25, -0.2) is 4.79 Å². The first-order valence-corrected chi connectivity index (χ1v) is 10.2. The van der Waals surface area contributed by atoms with Gasteiger partial charge in [-0.1, -0.05) is 31.7 Å². The first-order chi connectivity index (χ1) is 12.3. The van der Waals surface area contributed by atoms with E-state index < -0.39 is 0 Å². The molecule has 0 aromatic heterocycles. The largest absolute Gasteiger partial charge is 0.335 e. The highest BCUT2D eigenvalue weighted by atomic mass is 16.2. The monoisotopic (exact) mass is 341 g/mol. The van der Waals surface area contributed by atoms with Crippen LogP contribution < -0.4 is 10.6 Å². The van der Waals surface area contributed by atoms with Gasteiger partial charge in [0.2, 0.25) is 0 Å². The molecule has 1 aromatic rings. The standard InChI is InChI=1S/C21H31N3O/c25-21(22-18-5-2-1-3-6-18)23-19-10-9-16-11-13-24(20-7-4-8-20)14-12-17(16)15-19/h9-10,15,18,20H,1-8,11-14H2,(H2,22,23,25). The van der Waals surface area contributed by atoms with Crippen LogP contribution in [0.5, 0.6) is 0 Å². The van der Waals surface area contributed by atoms with Gasteiger partial charge in [0.05, 0.1) is 0 Å². The van der Waals surface area contributed by atoms with Crippen LogP contribution in [0.15, 0.2) is 18.2 Å². The minimum atomic E-state index is -0.0448. The lowest BCUT2D eigenvalue weighted by molar-refractivity contribution is 0.133. The summed E-state index contributed by atoms with van der Waals surface area (Å²) in [5, 5.41) is 6.19. The molecule has 2 aliphatic carbocycles. The number of carbonyl (C=O) groups excluding carboxylic acids is 1. The van der Waals surface area contributed by atoms with Crippen molar-refractivity contribution in [3.8, 4) is 0 Å². The average molecular weight is 341 g/mol. The average Bonchev–Trinajstić information content (AvgIpc) is 2.77. The smallest absolute Gasteiger partial charge is 0.319 e. The predicted molar refractivity (Wildman–Crippen MR) is 102 cm³/mol. The number of benzene rings is 1. The predicted octanol–water partition coefficient (Wildman–Crippen LogP) is 4.09. The van der Waals surface area contributed by atoms with E-state index in [0.717, 1.165) is 44.0 Å². The van der Waals surface area contributed by atoms with Gasteiger partial charge in [-0.15, -0.1) is 0 Å². The summed E-state index contributed by atoms with van der Waals surface area (Å²) in [6.07, 6.45) is 12.4. The third-order valence-electron chi connectivity index (χ3n) is 6.33. The van der Waals surface area contributed by atoms with Crippen LogP contribution in [-0.2, 0) is 12.8 Å². The van der Waals surface area contributed by atoms with E-state index in [1.165, 1.54) is 56.2 Å². The highest BCUT2D eigenvalue weighted by molar-refractivity contribution is 5.89. The molecule has 4 rings (SSSR count). The van der Waals surface area contributed by atoms with Crippen LogP contribution in [0.1, 0.15) is 62.5 Å². The van der Waals surface area contributed by atoms with Gasteiger partial charge in [0.15, 0.2) is 0 Å². The van der Waals surface area contributed by atoms with E-state index in [1.807, 2.05) is 0 Å². The Bertz CT molecular complexity index is 605. The number of hydrogen-bond acceptors (Lipinski definition) is 2. The second-order valence-electron chi connectivity index (χ2n) is 8.04. The first-order valence-electron chi connectivity index (χ1n) is 10.2. The van der Waals surface area contributed by atoms with Crippen LogP contribution in [0.4, 0.5) is 10.5 Å². The Kier molecular flexibility index (Phi) is 5.25. The van der Waals surface area contributed by atoms with Crippen LogP contribution >= 0.6 is 0 Å². The molecule has 1 aliphatic heterocycles. The van der Waals surface area contributed by atoms with Crippen molar-refractivity contribution in [2.45, 2.75) is 76.3 Å². The van der Waals surface area contributed by atoms with Crippen LogP contribution in [0.3, 0.4) is 0 Å². The Balaban J connectivity index is 1.34. The molecule has 25 heavy (non-hydrogen) atoms. The summed E-state index contributed by atoms with van der Waals surface area (Å²) in [7, 11) is 0. The highest BCUT2D eigenvalue weighted by Gasteiger charge is 2.26. The van der Waals surface area contributed by atoms with Gasteiger partial charge < -0.3 is 10.6 Å². The van der Waals surface area contributed by atoms with Crippen molar-refractivity contribution in [1.29, 1.82) is 0 Å². The van der Waals surface area contributed by atoms with Crippen molar-refractivity contribution >= 4 is 11.7 Å². The lowest BCUT2D eigenvalue weighted by Gasteiger charge is -2.36. The summed E-state index contributed by atoms with van der Waals surface area (Å²) < 4.78 is 0. The fourth-order valence-corrected chi connectivity index (χ4v) is 4.54. The normalized spacial score (nSPS) is 22.6. The van der Waals surface area contributed by atoms with E-state index in [2.05, 4.69) is 33.7 Å². The molecule has 0 radical (unpaired) electrons. The van der Waals surface area contributed by atoms with Crippen LogP contribution in [0.2, 0.25) is 0 Å². The second kappa shape index (κ2) is 7.77. The summed E-state index contributed by atoms with van der Waals surface area (Å²) in [6, 6.07) is 7.61. The third kappa shape index (κ3) is 4.17. The zero-order valence-electron chi connectivity index (χ0n) is 15.2. The molecule has 4 heteroatoms.